The van der Waals surface area contributed by atoms with E-state index < -0.39 is 23.2 Å². The van der Waals surface area contributed by atoms with Crippen LogP contribution in [0.4, 0.5) is 15.3 Å². The van der Waals surface area contributed by atoms with Crippen LogP contribution in [0.3, 0.4) is 0 Å². The Bertz CT molecular complexity index is 1230. The van der Waals surface area contributed by atoms with Gasteiger partial charge < -0.3 is 19.5 Å². The molecule has 0 aliphatic heterocycles. The lowest BCUT2D eigenvalue weighted by molar-refractivity contribution is -0.384. The van der Waals surface area contributed by atoms with Crippen LogP contribution < -0.4 is 10.1 Å². The number of hydrogen-bond donors (Lipinski definition) is 1. The molecule has 1 aliphatic carbocycles. The van der Waals surface area contributed by atoms with Gasteiger partial charge in [-0.25, -0.2) is 9.59 Å². The molecule has 0 fully saturated rings. The number of hydrogen-bond acceptors (Lipinski definition) is 7. The van der Waals surface area contributed by atoms with Gasteiger partial charge in [0.2, 0.25) is 0 Å². The SMILES string of the molecule is CC(C)C[C@@H](COC(=O)Oc1ccc([N+](=O)[O-])cc1)NC(=O)OCC1c2ccccc2-c2ccccc21. The Hall–Kier alpha value is -4.40. The first kappa shape index (κ1) is 25.7. The summed E-state index contributed by atoms with van der Waals surface area (Å²) < 4.78 is 15.9. The molecule has 1 N–H and O–H groups in total. The number of nitro groups is 1. The molecule has 9 nitrogen and oxygen atoms in total. The second kappa shape index (κ2) is 11.6. The van der Waals surface area contributed by atoms with Crippen molar-refractivity contribution in [1.82, 2.24) is 5.32 Å². The van der Waals surface area contributed by atoms with Crippen molar-refractivity contribution in [3.05, 3.63) is 94.0 Å². The van der Waals surface area contributed by atoms with Crippen molar-refractivity contribution in [2.24, 2.45) is 5.92 Å². The number of nitrogens with one attached hydrogen (secondary N) is 1. The summed E-state index contributed by atoms with van der Waals surface area (Å²) in [6.07, 6.45) is -1.02. The van der Waals surface area contributed by atoms with Crippen molar-refractivity contribution in [3.8, 4) is 16.9 Å². The zero-order valence-corrected chi connectivity index (χ0v) is 20.6. The molecule has 0 saturated heterocycles. The smallest absolute Gasteiger partial charge is 0.449 e. The number of amides is 1. The number of ether oxygens (including phenoxy) is 3. The molecule has 0 aromatic heterocycles. The van der Waals surface area contributed by atoms with Gasteiger partial charge in [0.25, 0.3) is 5.69 Å². The van der Waals surface area contributed by atoms with Gasteiger partial charge in [-0.05, 0) is 46.7 Å². The number of non-ortho nitro benzene ring substituents is 1. The second-order valence-electron chi connectivity index (χ2n) is 9.21. The van der Waals surface area contributed by atoms with Crippen LogP contribution in [0.1, 0.15) is 37.3 Å². The molecule has 4 rings (SSSR count). The molecule has 1 amide bonds. The molecule has 0 heterocycles. The molecule has 0 saturated carbocycles. The Morgan fingerprint density at radius 2 is 1.51 bits per heavy atom. The zero-order chi connectivity index (χ0) is 26.4. The van der Waals surface area contributed by atoms with E-state index in [1.807, 2.05) is 50.2 Å². The molecular weight excluding hydrogens is 476 g/mol. The molecule has 37 heavy (non-hydrogen) atoms. The van der Waals surface area contributed by atoms with E-state index in [2.05, 4.69) is 17.4 Å². The molecule has 192 valence electrons. The van der Waals surface area contributed by atoms with Crippen LogP contribution >= 0.6 is 0 Å². The quantitative estimate of drug-likeness (QED) is 0.163. The van der Waals surface area contributed by atoms with Gasteiger partial charge in [0.05, 0.1) is 11.0 Å². The number of carbonyl (C=O) groups excluding carboxylic acids is 2. The van der Waals surface area contributed by atoms with Crippen LogP contribution in [0.15, 0.2) is 72.8 Å². The monoisotopic (exact) mass is 504 g/mol. The van der Waals surface area contributed by atoms with Crippen LogP contribution in [0.25, 0.3) is 11.1 Å². The fourth-order valence-corrected chi connectivity index (χ4v) is 4.47. The third-order valence-electron chi connectivity index (χ3n) is 6.07. The maximum Gasteiger partial charge on any atom is 0.513 e. The summed E-state index contributed by atoms with van der Waals surface area (Å²) in [6, 6.07) is 20.8. The Morgan fingerprint density at radius 1 is 0.919 bits per heavy atom. The average molecular weight is 505 g/mol. The van der Waals surface area contributed by atoms with Crippen LogP contribution in [0.2, 0.25) is 0 Å². The summed E-state index contributed by atoms with van der Waals surface area (Å²) in [5.41, 5.74) is 4.40. The molecule has 3 aromatic rings. The highest BCUT2D eigenvalue weighted by atomic mass is 16.7. The third-order valence-corrected chi connectivity index (χ3v) is 6.07. The molecule has 1 aliphatic rings. The van der Waals surface area contributed by atoms with Crippen LogP contribution in [-0.4, -0.2) is 36.4 Å². The Kier molecular flexibility index (Phi) is 8.02. The second-order valence-corrected chi connectivity index (χ2v) is 9.21. The van der Waals surface area contributed by atoms with Crippen molar-refractivity contribution in [2.75, 3.05) is 13.2 Å². The van der Waals surface area contributed by atoms with Crippen molar-refractivity contribution in [1.29, 1.82) is 0 Å². The fourth-order valence-electron chi connectivity index (χ4n) is 4.47. The largest absolute Gasteiger partial charge is 0.513 e. The summed E-state index contributed by atoms with van der Waals surface area (Å²) in [5, 5.41) is 13.5. The van der Waals surface area contributed by atoms with E-state index in [0.717, 1.165) is 22.3 Å². The fraction of sp³-hybridized carbons (Fsp3) is 0.286. The van der Waals surface area contributed by atoms with E-state index >= 15 is 0 Å². The van der Waals surface area contributed by atoms with Crippen LogP contribution in [0, 0.1) is 16.0 Å². The van der Waals surface area contributed by atoms with E-state index in [1.165, 1.54) is 24.3 Å². The minimum Gasteiger partial charge on any atom is -0.449 e. The molecule has 0 radical (unpaired) electrons. The minimum absolute atomic E-state index is 0.0605. The summed E-state index contributed by atoms with van der Waals surface area (Å²) in [7, 11) is 0. The Morgan fingerprint density at radius 3 is 2.08 bits per heavy atom. The van der Waals surface area contributed by atoms with E-state index in [4.69, 9.17) is 14.2 Å². The van der Waals surface area contributed by atoms with Gasteiger partial charge in [0, 0.05) is 18.1 Å². The summed E-state index contributed by atoms with van der Waals surface area (Å²) in [4.78, 5) is 35.0. The van der Waals surface area contributed by atoms with Gasteiger partial charge >= 0.3 is 12.2 Å². The number of fused-ring (bicyclic) bond motifs is 3. The molecule has 1 atom stereocenters. The molecule has 9 heteroatoms. The van der Waals surface area contributed by atoms with E-state index in [-0.39, 0.29) is 36.5 Å². The van der Waals surface area contributed by atoms with Crippen molar-refractivity contribution in [2.45, 2.75) is 32.2 Å². The van der Waals surface area contributed by atoms with Crippen LogP contribution in [-0.2, 0) is 9.47 Å². The van der Waals surface area contributed by atoms with E-state index in [0.29, 0.717) is 6.42 Å². The Balaban J connectivity index is 1.31. The van der Waals surface area contributed by atoms with Gasteiger partial charge in [-0.1, -0.05) is 62.4 Å². The predicted octanol–water partition coefficient (Wildman–Crippen LogP) is 6.06. The van der Waals surface area contributed by atoms with Crippen molar-refractivity contribution < 1.29 is 28.7 Å². The predicted molar refractivity (Wildman–Crippen MR) is 137 cm³/mol. The molecule has 0 bridgehead atoms. The minimum atomic E-state index is -0.975. The maximum atomic E-state index is 12.7. The highest BCUT2D eigenvalue weighted by Crippen LogP contribution is 2.44. The molecular formula is C28H28N2O7. The normalized spacial score (nSPS) is 12.8. The van der Waals surface area contributed by atoms with Gasteiger partial charge in [-0.2, -0.15) is 0 Å². The maximum absolute atomic E-state index is 12.7. The summed E-state index contributed by atoms with van der Waals surface area (Å²) in [6.45, 7) is 4.04. The average Bonchev–Trinajstić information content (AvgIpc) is 3.20. The molecule has 0 spiro atoms. The molecule has 0 unspecified atom stereocenters. The number of rotatable bonds is 9. The van der Waals surface area contributed by atoms with Crippen molar-refractivity contribution in [3.63, 3.8) is 0 Å². The highest BCUT2D eigenvalue weighted by Gasteiger charge is 2.29. The lowest BCUT2D eigenvalue weighted by atomic mass is 9.98. The van der Waals surface area contributed by atoms with Crippen LogP contribution in [0.5, 0.6) is 5.75 Å². The van der Waals surface area contributed by atoms with Gasteiger partial charge in [-0.3, -0.25) is 10.1 Å². The Labute approximate surface area is 214 Å². The number of alkyl carbamates (subject to hydrolysis) is 1. The van der Waals surface area contributed by atoms with E-state index in [9.17, 15) is 19.7 Å². The summed E-state index contributed by atoms with van der Waals surface area (Å²) >= 11 is 0. The topological polar surface area (TPSA) is 117 Å². The van der Waals surface area contributed by atoms with Gasteiger partial charge in [0.15, 0.2) is 0 Å². The number of benzene rings is 3. The summed E-state index contributed by atoms with van der Waals surface area (Å²) in [5.74, 6) is 0.267. The first-order valence-corrected chi connectivity index (χ1v) is 12.0. The lowest BCUT2D eigenvalue weighted by Gasteiger charge is -2.21. The lowest BCUT2D eigenvalue weighted by Crippen LogP contribution is -2.40. The van der Waals surface area contributed by atoms with Gasteiger partial charge in [0.1, 0.15) is 19.0 Å². The zero-order valence-electron chi connectivity index (χ0n) is 20.6. The number of nitrogens with zero attached hydrogens (tertiary/aromatic N) is 1. The first-order chi connectivity index (χ1) is 17.8. The highest BCUT2D eigenvalue weighted by molar-refractivity contribution is 5.79. The first-order valence-electron chi connectivity index (χ1n) is 12.0. The van der Waals surface area contributed by atoms with E-state index in [1.54, 1.807) is 0 Å². The standard InChI is InChI=1S/C28H28N2O7/c1-18(2)15-19(16-36-28(32)37-21-13-11-20(12-14-21)30(33)34)29-27(31)35-17-26-24-9-5-3-7-22(24)23-8-4-6-10-25(23)26/h3-14,18-19,26H,15-17H2,1-2H3,(H,29,31)/t19-/m0/s1. The third kappa shape index (κ3) is 6.43. The number of carbonyl (C=O) groups is 2. The molecule has 3 aromatic carbocycles. The van der Waals surface area contributed by atoms with Crippen molar-refractivity contribution >= 4 is 17.9 Å². The van der Waals surface area contributed by atoms with Gasteiger partial charge in [-0.15, -0.1) is 0 Å². The number of nitro benzene ring substituents is 1.